The van der Waals surface area contributed by atoms with Gasteiger partial charge >= 0.3 is 0 Å². The molecule has 2 rings (SSSR count). The van der Waals surface area contributed by atoms with Crippen LogP contribution in [0.2, 0.25) is 0 Å². The summed E-state index contributed by atoms with van der Waals surface area (Å²) in [6, 6.07) is 0.241. The number of nitrogens with one attached hydrogen (secondary N) is 2. The van der Waals surface area contributed by atoms with Crippen molar-refractivity contribution in [3.8, 4) is 0 Å². The van der Waals surface area contributed by atoms with E-state index in [2.05, 4.69) is 10.6 Å². The highest BCUT2D eigenvalue weighted by Gasteiger charge is 2.25. The lowest BCUT2D eigenvalue weighted by molar-refractivity contribution is -0.123. The molecular formula is C14H25N3O2. The smallest absolute Gasteiger partial charge is 0.220 e. The maximum Gasteiger partial charge on any atom is 0.220 e. The molecule has 1 aliphatic heterocycles. The zero-order chi connectivity index (χ0) is 13.7. The van der Waals surface area contributed by atoms with E-state index < -0.39 is 0 Å². The van der Waals surface area contributed by atoms with Crippen LogP contribution >= 0.6 is 0 Å². The van der Waals surface area contributed by atoms with E-state index in [1.807, 2.05) is 0 Å². The van der Waals surface area contributed by atoms with Crippen molar-refractivity contribution in [2.24, 2.45) is 17.6 Å². The summed E-state index contributed by atoms with van der Waals surface area (Å²) in [7, 11) is 0. The monoisotopic (exact) mass is 267 g/mol. The number of rotatable bonds is 5. The zero-order valence-corrected chi connectivity index (χ0v) is 11.5. The van der Waals surface area contributed by atoms with Crippen LogP contribution in [0.3, 0.4) is 0 Å². The summed E-state index contributed by atoms with van der Waals surface area (Å²) in [5.74, 6) is 0.641. The Hall–Kier alpha value is -1.10. The lowest BCUT2D eigenvalue weighted by Crippen LogP contribution is -2.39. The van der Waals surface area contributed by atoms with Crippen LogP contribution in [0.25, 0.3) is 0 Å². The third kappa shape index (κ3) is 4.49. The Labute approximate surface area is 114 Å². The maximum absolute atomic E-state index is 11.9. The van der Waals surface area contributed by atoms with Gasteiger partial charge in [-0.2, -0.15) is 0 Å². The minimum absolute atomic E-state index is 0.0118. The molecule has 0 bridgehead atoms. The average molecular weight is 267 g/mol. The maximum atomic E-state index is 11.9. The normalized spacial score (nSPS) is 31.1. The molecule has 1 saturated heterocycles. The van der Waals surface area contributed by atoms with Crippen molar-refractivity contribution in [1.82, 2.24) is 10.6 Å². The molecule has 0 aromatic rings. The molecule has 2 fully saturated rings. The Morgan fingerprint density at radius 1 is 1.16 bits per heavy atom. The van der Waals surface area contributed by atoms with Crippen molar-refractivity contribution in [2.45, 2.75) is 51.0 Å². The molecular weight excluding hydrogens is 242 g/mol. The summed E-state index contributed by atoms with van der Waals surface area (Å²) < 4.78 is 0. The van der Waals surface area contributed by atoms with Crippen molar-refractivity contribution >= 4 is 11.8 Å². The van der Waals surface area contributed by atoms with Gasteiger partial charge in [-0.3, -0.25) is 9.59 Å². The molecule has 19 heavy (non-hydrogen) atoms. The Balaban J connectivity index is 1.61. The van der Waals surface area contributed by atoms with Crippen molar-refractivity contribution in [2.75, 3.05) is 13.1 Å². The lowest BCUT2D eigenvalue weighted by atomic mass is 9.85. The Kier molecular flexibility index (Phi) is 5.19. The van der Waals surface area contributed by atoms with E-state index in [4.69, 9.17) is 5.73 Å². The first-order chi connectivity index (χ1) is 9.15. The Morgan fingerprint density at radius 3 is 2.47 bits per heavy atom. The predicted octanol–water partition coefficient (Wildman–Crippen LogP) is 0.536. The highest BCUT2D eigenvalue weighted by molar-refractivity contribution is 5.77. The molecule has 1 saturated carbocycles. The van der Waals surface area contributed by atoms with Gasteiger partial charge in [0, 0.05) is 18.4 Å². The van der Waals surface area contributed by atoms with Crippen LogP contribution in [0.5, 0.6) is 0 Å². The van der Waals surface area contributed by atoms with Crippen LogP contribution in [0.4, 0.5) is 0 Å². The summed E-state index contributed by atoms with van der Waals surface area (Å²) >= 11 is 0. The predicted molar refractivity (Wildman–Crippen MR) is 73.3 cm³/mol. The molecule has 0 aromatic carbocycles. The first-order valence-corrected chi connectivity index (χ1v) is 7.44. The molecule has 2 aliphatic rings. The molecule has 0 aromatic heterocycles. The fourth-order valence-corrected chi connectivity index (χ4v) is 3.12. The first kappa shape index (κ1) is 14.3. The van der Waals surface area contributed by atoms with E-state index in [9.17, 15) is 9.59 Å². The molecule has 108 valence electrons. The van der Waals surface area contributed by atoms with Gasteiger partial charge in [0.1, 0.15) is 0 Å². The van der Waals surface area contributed by atoms with Gasteiger partial charge in [0.05, 0.1) is 0 Å². The van der Waals surface area contributed by atoms with Crippen LogP contribution in [-0.4, -0.2) is 30.9 Å². The number of amides is 2. The Bertz CT molecular complexity index is 319. The summed E-state index contributed by atoms with van der Waals surface area (Å²) in [5.41, 5.74) is 5.30. The van der Waals surface area contributed by atoms with E-state index in [-0.39, 0.29) is 23.8 Å². The van der Waals surface area contributed by atoms with Crippen LogP contribution in [0.1, 0.15) is 44.9 Å². The molecule has 4 N–H and O–H groups in total. The number of carbonyl (C=O) groups is 2. The molecule has 5 heteroatoms. The highest BCUT2D eigenvalue weighted by atomic mass is 16.2. The zero-order valence-electron chi connectivity index (χ0n) is 11.5. The summed E-state index contributed by atoms with van der Waals surface area (Å²) in [4.78, 5) is 22.9. The van der Waals surface area contributed by atoms with Crippen LogP contribution in [0, 0.1) is 11.8 Å². The van der Waals surface area contributed by atoms with Crippen LogP contribution in [0.15, 0.2) is 0 Å². The summed E-state index contributed by atoms with van der Waals surface area (Å²) in [6.45, 7) is 2.14. The van der Waals surface area contributed by atoms with E-state index >= 15 is 0 Å². The van der Waals surface area contributed by atoms with Crippen molar-refractivity contribution < 1.29 is 9.59 Å². The van der Waals surface area contributed by atoms with Gasteiger partial charge in [-0.1, -0.05) is 0 Å². The number of primary amides is 1. The summed E-state index contributed by atoms with van der Waals surface area (Å²) in [6.07, 6.45) is 6.18. The van der Waals surface area contributed by atoms with Crippen molar-refractivity contribution in [1.29, 1.82) is 0 Å². The van der Waals surface area contributed by atoms with Crippen LogP contribution in [-0.2, 0) is 9.59 Å². The van der Waals surface area contributed by atoms with Gasteiger partial charge in [-0.25, -0.2) is 0 Å². The van der Waals surface area contributed by atoms with Gasteiger partial charge in [-0.05, 0) is 57.5 Å². The van der Waals surface area contributed by atoms with Crippen molar-refractivity contribution in [3.05, 3.63) is 0 Å². The third-order valence-corrected chi connectivity index (χ3v) is 4.44. The quantitative estimate of drug-likeness (QED) is 0.679. The molecule has 5 nitrogen and oxygen atoms in total. The highest BCUT2D eigenvalue weighted by Crippen LogP contribution is 2.24. The number of nitrogens with two attached hydrogens (primary N) is 1. The fraction of sp³-hybridized carbons (Fsp3) is 0.857. The standard InChI is InChI=1S/C14H25N3O2/c15-14(19)11-2-4-12(5-3-11)17-13(18)6-1-10-7-8-16-9-10/h10-12,16H,1-9H2,(H2,15,19)(H,17,18). The number of hydrogen-bond acceptors (Lipinski definition) is 3. The molecule has 0 spiro atoms. The first-order valence-electron chi connectivity index (χ1n) is 7.44. The minimum atomic E-state index is -0.196. The third-order valence-electron chi connectivity index (χ3n) is 4.44. The SMILES string of the molecule is NC(=O)C1CCC(NC(=O)CCC2CCNC2)CC1. The second-order valence-corrected chi connectivity index (χ2v) is 5.92. The molecule has 2 amide bonds. The molecule has 1 atom stereocenters. The van der Waals surface area contributed by atoms with E-state index in [0.717, 1.165) is 45.2 Å². The number of carbonyl (C=O) groups excluding carboxylic acids is 2. The second-order valence-electron chi connectivity index (χ2n) is 5.92. The largest absolute Gasteiger partial charge is 0.369 e. The molecule has 1 aliphatic carbocycles. The minimum Gasteiger partial charge on any atom is -0.369 e. The van der Waals surface area contributed by atoms with Gasteiger partial charge in [0.15, 0.2) is 0 Å². The van der Waals surface area contributed by atoms with Gasteiger partial charge in [-0.15, -0.1) is 0 Å². The molecule has 1 heterocycles. The van der Waals surface area contributed by atoms with Crippen LogP contribution < -0.4 is 16.4 Å². The van der Waals surface area contributed by atoms with Gasteiger partial charge < -0.3 is 16.4 Å². The van der Waals surface area contributed by atoms with E-state index in [1.165, 1.54) is 6.42 Å². The topological polar surface area (TPSA) is 84.2 Å². The van der Waals surface area contributed by atoms with E-state index in [0.29, 0.717) is 12.3 Å². The van der Waals surface area contributed by atoms with Gasteiger partial charge in [0.2, 0.25) is 11.8 Å². The van der Waals surface area contributed by atoms with E-state index in [1.54, 1.807) is 0 Å². The fourth-order valence-electron chi connectivity index (χ4n) is 3.12. The van der Waals surface area contributed by atoms with Gasteiger partial charge in [0.25, 0.3) is 0 Å². The van der Waals surface area contributed by atoms with Crippen molar-refractivity contribution in [3.63, 3.8) is 0 Å². The number of hydrogen-bond donors (Lipinski definition) is 3. The second kappa shape index (κ2) is 6.89. The Morgan fingerprint density at radius 2 is 1.89 bits per heavy atom. The molecule has 1 unspecified atom stereocenters. The average Bonchev–Trinajstić information content (AvgIpc) is 2.90. The molecule has 0 radical (unpaired) electrons. The summed E-state index contributed by atoms with van der Waals surface area (Å²) in [5, 5.41) is 6.41. The lowest BCUT2D eigenvalue weighted by Gasteiger charge is -2.27.